The third kappa shape index (κ3) is 3.10. The molecular formula is C15H22ClFN2. The lowest BCUT2D eigenvalue weighted by Crippen LogP contribution is -2.45. The van der Waals surface area contributed by atoms with Gasteiger partial charge in [-0.1, -0.05) is 24.6 Å². The normalized spacial score (nSPS) is 26.4. The molecule has 1 aliphatic rings. The lowest BCUT2D eigenvalue weighted by atomic mass is 9.90. The van der Waals surface area contributed by atoms with Crippen LogP contribution in [0, 0.1) is 11.7 Å². The Hall–Kier alpha value is -0.640. The van der Waals surface area contributed by atoms with Crippen molar-refractivity contribution in [3.8, 4) is 0 Å². The lowest BCUT2D eigenvalue weighted by Gasteiger charge is -2.41. The van der Waals surface area contributed by atoms with Gasteiger partial charge in [-0.15, -0.1) is 0 Å². The van der Waals surface area contributed by atoms with Gasteiger partial charge in [-0.05, 0) is 44.4 Å². The van der Waals surface area contributed by atoms with Crippen molar-refractivity contribution in [1.82, 2.24) is 4.90 Å². The second kappa shape index (κ2) is 6.21. The van der Waals surface area contributed by atoms with Gasteiger partial charge in [0.25, 0.3) is 0 Å². The third-order valence-electron chi connectivity index (χ3n) is 4.15. The zero-order valence-electron chi connectivity index (χ0n) is 11.6. The van der Waals surface area contributed by atoms with Crippen LogP contribution in [0.25, 0.3) is 0 Å². The molecule has 1 fully saturated rings. The zero-order chi connectivity index (χ0) is 14.0. The van der Waals surface area contributed by atoms with E-state index in [1.54, 1.807) is 12.1 Å². The molecule has 0 spiro atoms. The third-order valence-corrected chi connectivity index (χ3v) is 4.48. The predicted molar refractivity (Wildman–Crippen MR) is 77.8 cm³/mol. The molecule has 3 unspecified atom stereocenters. The van der Waals surface area contributed by atoms with E-state index < -0.39 is 0 Å². The van der Waals surface area contributed by atoms with Gasteiger partial charge in [-0.25, -0.2) is 4.39 Å². The standard InChI is InChI=1S/C15H22ClFN2/c1-10-6-7-19(11(2)8-10)14(9-18)15-12(16)4-3-5-13(15)17/h3-5,10-11,14H,6-9,18H2,1-2H3. The van der Waals surface area contributed by atoms with Gasteiger partial charge < -0.3 is 5.73 Å². The van der Waals surface area contributed by atoms with Crippen LogP contribution in [-0.2, 0) is 0 Å². The summed E-state index contributed by atoms with van der Waals surface area (Å²) in [5, 5.41) is 0.473. The molecule has 0 aromatic heterocycles. The van der Waals surface area contributed by atoms with Crippen molar-refractivity contribution in [2.45, 2.75) is 38.8 Å². The highest BCUT2D eigenvalue weighted by Gasteiger charge is 2.31. The van der Waals surface area contributed by atoms with Gasteiger partial charge in [-0.2, -0.15) is 0 Å². The molecule has 0 bridgehead atoms. The van der Waals surface area contributed by atoms with E-state index in [9.17, 15) is 4.39 Å². The monoisotopic (exact) mass is 284 g/mol. The fourth-order valence-electron chi connectivity index (χ4n) is 3.14. The molecule has 0 saturated carbocycles. The number of nitrogens with two attached hydrogens (primary N) is 1. The van der Waals surface area contributed by atoms with E-state index in [2.05, 4.69) is 18.7 Å². The van der Waals surface area contributed by atoms with Crippen molar-refractivity contribution >= 4 is 11.6 Å². The summed E-state index contributed by atoms with van der Waals surface area (Å²) in [6, 6.07) is 5.11. The second-order valence-corrected chi connectivity index (χ2v) is 6.01. The van der Waals surface area contributed by atoms with Crippen LogP contribution in [0.15, 0.2) is 18.2 Å². The summed E-state index contributed by atoms with van der Waals surface area (Å²) in [5.74, 6) is 0.467. The van der Waals surface area contributed by atoms with Gasteiger partial charge in [-0.3, -0.25) is 4.90 Å². The molecule has 1 aromatic carbocycles. The molecule has 0 amide bonds. The molecule has 2 N–H and O–H groups in total. The smallest absolute Gasteiger partial charge is 0.129 e. The van der Waals surface area contributed by atoms with E-state index in [1.807, 2.05) is 0 Å². The Kier molecular flexibility index (Phi) is 4.82. The maximum Gasteiger partial charge on any atom is 0.129 e. The second-order valence-electron chi connectivity index (χ2n) is 5.60. The molecule has 4 heteroatoms. The summed E-state index contributed by atoms with van der Waals surface area (Å²) < 4.78 is 14.1. The Morgan fingerprint density at radius 1 is 1.47 bits per heavy atom. The Bertz CT molecular complexity index is 418. The number of likely N-dealkylation sites (tertiary alicyclic amines) is 1. The SMILES string of the molecule is CC1CCN(C(CN)c2c(F)cccc2Cl)C(C)C1. The molecule has 3 atom stereocenters. The topological polar surface area (TPSA) is 29.3 Å². The summed E-state index contributed by atoms with van der Waals surface area (Å²) in [4.78, 5) is 2.30. The van der Waals surface area contributed by atoms with Crippen molar-refractivity contribution in [2.75, 3.05) is 13.1 Å². The zero-order valence-corrected chi connectivity index (χ0v) is 12.3. The number of benzene rings is 1. The average molecular weight is 285 g/mol. The van der Waals surface area contributed by atoms with Crippen LogP contribution >= 0.6 is 11.6 Å². The molecule has 2 nitrogen and oxygen atoms in total. The van der Waals surface area contributed by atoms with Crippen LogP contribution < -0.4 is 5.73 Å². The van der Waals surface area contributed by atoms with E-state index in [-0.39, 0.29) is 11.9 Å². The van der Waals surface area contributed by atoms with Crippen LogP contribution in [0.1, 0.15) is 38.3 Å². The maximum atomic E-state index is 14.1. The van der Waals surface area contributed by atoms with E-state index in [1.165, 1.54) is 6.07 Å². The van der Waals surface area contributed by atoms with Crippen LogP contribution in [0.5, 0.6) is 0 Å². The van der Waals surface area contributed by atoms with Gasteiger partial charge in [0.2, 0.25) is 0 Å². The van der Waals surface area contributed by atoms with Gasteiger partial charge in [0.15, 0.2) is 0 Å². The first-order valence-corrected chi connectivity index (χ1v) is 7.32. The quantitative estimate of drug-likeness (QED) is 0.919. The number of halogens is 2. The van der Waals surface area contributed by atoms with Gasteiger partial charge in [0.05, 0.1) is 6.04 Å². The highest BCUT2D eigenvalue weighted by atomic mass is 35.5. The largest absolute Gasteiger partial charge is 0.329 e. The van der Waals surface area contributed by atoms with Crippen LogP contribution in [-0.4, -0.2) is 24.0 Å². The van der Waals surface area contributed by atoms with E-state index in [0.717, 1.165) is 25.3 Å². The number of hydrogen-bond donors (Lipinski definition) is 1. The van der Waals surface area contributed by atoms with Gasteiger partial charge >= 0.3 is 0 Å². The first-order valence-electron chi connectivity index (χ1n) is 6.94. The van der Waals surface area contributed by atoms with Crippen LogP contribution in [0.3, 0.4) is 0 Å². The molecule has 1 saturated heterocycles. The van der Waals surface area contributed by atoms with Crippen molar-refractivity contribution in [3.63, 3.8) is 0 Å². The minimum atomic E-state index is -0.256. The van der Waals surface area contributed by atoms with Crippen molar-refractivity contribution in [1.29, 1.82) is 0 Å². The molecule has 1 aromatic rings. The molecule has 1 aliphatic heterocycles. The summed E-state index contributed by atoms with van der Waals surface area (Å²) in [7, 11) is 0. The molecule has 2 rings (SSSR count). The molecule has 1 heterocycles. The molecule has 19 heavy (non-hydrogen) atoms. The number of rotatable bonds is 3. The summed E-state index contributed by atoms with van der Waals surface area (Å²) >= 11 is 6.18. The lowest BCUT2D eigenvalue weighted by molar-refractivity contribution is 0.0831. The van der Waals surface area contributed by atoms with Crippen molar-refractivity contribution < 1.29 is 4.39 Å². The Labute approximate surface area is 119 Å². The van der Waals surface area contributed by atoms with E-state index in [0.29, 0.717) is 23.2 Å². The van der Waals surface area contributed by atoms with Crippen molar-refractivity contribution in [3.05, 3.63) is 34.6 Å². The minimum Gasteiger partial charge on any atom is -0.329 e. The predicted octanol–water partition coefficient (Wildman–Crippen LogP) is 3.60. The van der Waals surface area contributed by atoms with E-state index >= 15 is 0 Å². The van der Waals surface area contributed by atoms with Crippen LogP contribution in [0.2, 0.25) is 5.02 Å². The molecule has 106 valence electrons. The number of hydrogen-bond acceptors (Lipinski definition) is 2. The molecular weight excluding hydrogens is 263 g/mol. The highest BCUT2D eigenvalue weighted by Crippen LogP contribution is 2.34. The van der Waals surface area contributed by atoms with E-state index in [4.69, 9.17) is 17.3 Å². The summed E-state index contributed by atoms with van der Waals surface area (Å²) in [6.07, 6.45) is 2.26. The highest BCUT2D eigenvalue weighted by molar-refractivity contribution is 6.31. The van der Waals surface area contributed by atoms with Gasteiger partial charge in [0.1, 0.15) is 5.82 Å². The fraction of sp³-hybridized carbons (Fsp3) is 0.600. The summed E-state index contributed by atoms with van der Waals surface area (Å²) in [6.45, 7) is 5.79. The number of piperidine rings is 1. The Morgan fingerprint density at radius 3 is 2.79 bits per heavy atom. The maximum absolute atomic E-state index is 14.1. The fourth-order valence-corrected chi connectivity index (χ4v) is 3.43. The van der Waals surface area contributed by atoms with Gasteiger partial charge in [0, 0.05) is 23.2 Å². The molecule has 0 radical (unpaired) electrons. The number of nitrogens with zero attached hydrogens (tertiary/aromatic N) is 1. The Morgan fingerprint density at radius 2 is 2.21 bits per heavy atom. The molecule has 0 aliphatic carbocycles. The summed E-state index contributed by atoms with van der Waals surface area (Å²) in [5.41, 5.74) is 6.45. The van der Waals surface area contributed by atoms with Crippen LogP contribution in [0.4, 0.5) is 4.39 Å². The van der Waals surface area contributed by atoms with Crippen molar-refractivity contribution in [2.24, 2.45) is 11.7 Å². The minimum absolute atomic E-state index is 0.129. The Balaban J connectivity index is 2.29. The average Bonchev–Trinajstić information content (AvgIpc) is 2.35. The first-order chi connectivity index (χ1) is 9.04. The first kappa shape index (κ1) is 14.8.